The van der Waals surface area contributed by atoms with Gasteiger partial charge in [-0.25, -0.2) is 0 Å². The summed E-state index contributed by atoms with van der Waals surface area (Å²) in [5, 5.41) is 3.61. The molecule has 1 aromatic rings. The van der Waals surface area contributed by atoms with E-state index in [9.17, 15) is 0 Å². The third-order valence-corrected chi connectivity index (χ3v) is 3.59. The smallest absolute Gasteiger partial charge is 0.141 e. The number of rotatable bonds is 11. The molecule has 3 heteroatoms. The van der Waals surface area contributed by atoms with Gasteiger partial charge in [0.15, 0.2) is 0 Å². The molecule has 0 aliphatic heterocycles. The third-order valence-electron chi connectivity index (χ3n) is 3.59. The predicted octanol–water partition coefficient (Wildman–Crippen LogP) is 4.49. The number of nitrogens with one attached hydrogen (secondary N) is 1. The van der Waals surface area contributed by atoms with Gasteiger partial charge in [0.1, 0.15) is 5.75 Å². The van der Waals surface area contributed by atoms with Crippen molar-refractivity contribution in [2.45, 2.75) is 64.8 Å². The van der Waals surface area contributed by atoms with Crippen LogP contribution in [-0.2, 0) is 0 Å². The van der Waals surface area contributed by atoms with E-state index in [1.165, 1.54) is 32.1 Å². The second kappa shape index (κ2) is 10.7. The van der Waals surface area contributed by atoms with Gasteiger partial charge in [0.2, 0.25) is 0 Å². The molecule has 1 rings (SSSR count). The van der Waals surface area contributed by atoms with Crippen LogP contribution in [0.15, 0.2) is 18.3 Å². The van der Waals surface area contributed by atoms with Gasteiger partial charge in [-0.2, -0.15) is 0 Å². The molecule has 1 heterocycles. The van der Waals surface area contributed by atoms with Crippen molar-refractivity contribution in [2.24, 2.45) is 0 Å². The number of pyridine rings is 1. The third kappa shape index (κ3) is 5.91. The molecule has 0 bridgehead atoms. The lowest BCUT2D eigenvalue weighted by atomic mass is 10.0. The van der Waals surface area contributed by atoms with Crippen LogP contribution in [0.4, 0.5) is 0 Å². The molecule has 0 aromatic carbocycles. The van der Waals surface area contributed by atoms with Crippen LogP contribution < -0.4 is 10.1 Å². The standard InChI is InChI=1S/C17H30N2O/c1-4-6-7-8-9-11-15(18-13-5-2)17-16(20-3)12-10-14-19-17/h10,12,14-15,18H,4-9,11,13H2,1-3H3. The van der Waals surface area contributed by atoms with E-state index < -0.39 is 0 Å². The van der Waals surface area contributed by atoms with Crippen LogP contribution in [-0.4, -0.2) is 18.6 Å². The lowest BCUT2D eigenvalue weighted by molar-refractivity contribution is 0.385. The summed E-state index contributed by atoms with van der Waals surface area (Å²) in [7, 11) is 1.72. The van der Waals surface area contributed by atoms with Crippen molar-refractivity contribution in [1.82, 2.24) is 10.3 Å². The van der Waals surface area contributed by atoms with Crippen molar-refractivity contribution >= 4 is 0 Å². The number of unbranched alkanes of at least 4 members (excludes halogenated alkanes) is 4. The second-order valence-corrected chi connectivity index (χ2v) is 5.30. The number of aromatic nitrogens is 1. The molecule has 114 valence electrons. The van der Waals surface area contributed by atoms with Gasteiger partial charge in [-0.05, 0) is 31.5 Å². The van der Waals surface area contributed by atoms with Gasteiger partial charge in [0.05, 0.1) is 18.8 Å². The van der Waals surface area contributed by atoms with Crippen LogP contribution >= 0.6 is 0 Å². The molecule has 1 aromatic heterocycles. The Kier molecular flexibility index (Phi) is 9.05. The topological polar surface area (TPSA) is 34.2 Å². The molecule has 1 unspecified atom stereocenters. The van der Waals surface area contributed by atoms with Gasteiger partial charge < -0.3 is 10.1 Å². The van der Waals surface area contributed by atoms with E-state index in [0.29, 0.717) is 6.04 Å². The molecule has 3 nitrogen and oxygen atoms in total. The zero-order valence-corrected chi connectivity index (χ0v) is 13.3. The highest BCUT2D eigenvalue weighted by Crippen LogP contribution is 2.26. The van der Waals surface area contributed by atoms with Gasteiger partial charge >= 0.3 is 0 Å². The van der Waals surface area contributed by atoms with Crippen molar-refractivity contribution in [3.8, 4) is 5.75 Å². The maximum absolute atomic E-state index is 5.45. The van der Waals surface area contributed by atoms with Gasteiger partial charge in [0, 0.05) is 6.20 Å². The monoisotopic (exact) mass is 278 g/mol. The van der Waals surface area contributed by atoms with Crippen molar-refractivity contribution in [2.75, 3.05) is 13.7 Å². The van der Waals surface area contributed by atoms with Crippen LogP contribution in [0.5, 0.6) is 5.75 Å². The van der Waals surface area contributed by atoms with E-state index in [1.807, 2.05) is 18.3 Å². The average molecular weight is 278 g/mol. The SMILES string of the molecule is CCCCCCCC(NCCC)c1ncccc1OC. The second-order valence-electron chi connectivity index (χ2n) is 5.30. The summed E-state index contributed by atoms with van der Waals surface area (Å²) in [4.78, 5) is 4.53. The Morgan fingerprint density at radius 2 is 1.95 bits per heavy atom. The number of hydrogen-bond acceptors (Lipinski definition) is 3. The van der Waals surface area contributed by atoms with Crippen molar-refractivity contribution in [1.29, 1.82) is 0 Å². The van der Waals surface area contributed by atoms with Crippen LogP contribution in [0.25, 0.3) is 0 Å². The maximum Gasteiger partial charge on any atom is 0.141 e. The molecule has 0 spiro atoms. The summed E-state index contributed by atoms with van der Waals surface area (Å²) >= 11 is 0. The quantitative estimate of drug-likeness (QED) is 0.605. The van der Waals surface area contributed by atoms with Crippen molar-refractivity contribution < 1.29 is 4.74 Å². The average Bonchev–Trinajstić information content (AvgIpc) is 2.50. The first-order valence-corrected chi connectivity index (χ1v) is 8.05. The minimum Gasteiger partial charge on any atom is -0.495 e. The Labute approximate surface area is 124 Å². The molecule has 1 atom stereocenters. The van der Waals surface area contributed by atoms with E-state index in [-0.39, 0.29) is 0 Å². The van der Waals surface area contributed by atoms with Gasteiger partial charge in [-0.3, -0.25) is 4.98 Å². The Morgan fingerprint density at radius 3 is 2.65 bits per heavy atom. The molecule has 1 N–H and O–H groups in total. The number of nitrogens with zero attached hydrogens (tertiary/aromatic N) is 1. The fourth-order valence-corrected chi connectivity index (χ4v) is 2.44. The Bertz CT molecular complexity index is 355. The zero-order chi connectivity index (χ0) is 14.6. The molecule has 0 saturated carbocycles. The molecule has 0 aliphatic carbocycles. The Morgan fingerprint density at radius 1 is 1.15 bits per heavy atom. The molecule has 0 fully saturated rings. The number of ether oxygens (including phenoxy) is 1. The van der Waals surface area contributed by atoms with E-state index in [1.54, 1.807) is 7.11 Å². The molecule has 0 radical (unpaired) electrons. The van der Waals surface area contributed by atoms with E-state index in [4.69, 9.17) is 4.74 Å². The molecule has 0 aliphatic rings. The number of methoxy groups -OCH3 is 1. The predicted molar refractivity (Wildman–Crippen MR) is 85.2 cm³/mol. The van der Waals surface area contributed by atoms with Crippen LogP contribution in [0, 0.1) is 0 Å². The van der Waals surface area contributed by atoms with Gasteiger partial charge in [-0.15, -0.1) is 0 Å². The van der Waals surface area contributed by atoms with E-state index >= 15 is 0 Å². The lowest BCUT2D eigenvalue weighted by Crippen LogP contribution is -2.23. The summed E-state index contributed by atoms with van der Waals surface area (Å²) in [5.74, 6) is 0.898. The highest BCUT2D eigenvalue weighted by Gasteiger charge is 2.16. The minimum atomic E-state index is 0.313. The van der Waals surface area contributed by atoms with E-state index in [2.05, 4.69) is 24.1 Å². The fraction of sp³-hybridized carbons (Fsp3) is 0.706. The highest BCUT2D eigenvalue weighted by atomic mass is 16.5. The zero-order valence-electron chi connectivity index (χ0n) is 13.3. The molecule has 0 amide bonds. The summed E-state index contributed by atoms with van der Waals surface area (Å²) in [6.45, 7) is 5.48. The van der Waals surface area contributed by atoms with E-state index in [0.717, 1.165) is 30.8 Å². The van der Waals surface area contributed by atoms with Crippen molar-refractivity contribution in [3.05, 3.63) is 24.0 Å². The minimum absolute atomic E-state index is 0.313. The summed E-state index contributed by atoms with van der Waals surface area (Å²) in [5.41, 5.74) is 1.05. The summed E-state index contributed by atoms with van der Waals surface area (Å²) in [6.07, 6.45) is 10.7. The molecular weight excluding hydrogens is 248 g/mol. The largest absolute Gasteiger partial charge is 0.495 e. The Hall–Kier alpha value is -1.09. The highest BCUT2D eigenvalue weighted by molar-refractivity contribution is 5.29. The van der Waals surface area contributed by atoms with Crippen molar-refractivity contribution in [3.63, 3.8) is 0 Å². The normalized spacial score (nSPS) is 12.3. The maximum atomic E-state index is 5.45. The van der Waals surface area contributed by atoms with Crippen LogP contribution in [0.2, 0.25) is 0 Å². The van der Waals surface area contributed by atoms with Crippen LogP contribution in [0.3, 0.4) is 0 Å². The first-order chi connectivity index (χ1) is 9.83. The molecular formula is C17H30N2O. The molecule has 20 heavy (non-hydrogen) atoms. The summed E-state index contributed by atoms with van der Waals surface area (Å²) < 4.78 is 5.45. The van der Waals surface area contributed by atoms with Gasteiger partial charge in [0.25, 0.3) is 0 Å². The van der Waals surface area contributed by atoms with Crippen LogP contribution in [0.1, 0.15) is 70.5 Å². The lowest BCUT2D eigenvalue weighted by Gasteiger charge is -2.20. The number of hydrogen-bond donors (Lipinski definition) is 1. The first-order valence-electron chi connectivity index (χ1n) is 8.05. The fourth-order valence-electron chi connectivity index (χ4n) is 2.44. The molecule has 0 saturated heterocycles. The first kappa shape index (κ1) is 17.0. The summed E-state index contributed by atoms with van der Waals surface area (Å²) in [6, 6.07) is 4.24. The Balaban J connectivity index is 2.58. The van der Waals surface area contributed by atoms with Gasteiger partial charge in [-0.1, -0.05) is 46.0 Å².